The van der Waals surface area contributed by atoms with Crippen LogP contribution in [0.3, 0.4) is 0 Å². The molecule has 1 heterocycles. The molecule has 1 aromatic carbocycles. The van der Waals surface area contributed by atoms with Crippen LogP contribution in [-0.2, 0) is 6.54 Å². The third-order valence-corrected chi connectivity index (χ3v) is 3.01. The van der Waals surface area contributed by atoms with Gasteiger partial charge in [-0.15, -0.1) is 0 Å². The van der Waals surface area contributed by atoms with Crippen molar-refractivity contribution in [2.24, 2.45) is 5.92 Å². The molecule has 106 valence electrons. The molecule has 0 spiro atoms. The fourth-order valence-electron chi connectivity index (χ4n) is 1.83. The molecule has 2 aromatic rings. The topological polar surface area (TPSA) is 49.8 Å². The van der Waals surface area contributed by atoms with E-state index in [0.29, 0.717) is 5.92 Å². The van der Waals surface area contributed by atoms with Gasteiger partial charge in [-0.2, -0.15) is 0 Å². The van der Waals surface area contributed by atoms with E-state index in [-0.39, 0.29) is 0 Å². The largest absolute Gasteiger partial charge is 0.370 e. The Morgan fingerprint density at radius 1 is 1.00 bits per heavy atom. The van der Waals surface area contributed by atoms with Crippen molar-refractivity contribution in [3.63, 3.8) is 0 Å². The van der Waals surface area contributed by atoms with Crippen molar-refractivity contribution in [3.8, 4) is 0 Å². The molecule has 4 heteroatoms. The zero-order chi connectivity index (χ0) is 14.2. The Bertz CT molecular complexity index is 511. The quantitative estimate of drug-likeness (QED) is 0.808. The molecule has 20 heavy (non-hydrogen) atoms. The predicted octanol–water partition coefficient (Wildman–Crippen LogP) is 3.55. The first-order valence-electron chi connectivity index (χ1n) is 7.08. The van der Waals surface area contributed by atoms with Gasteiger partial charge >= 0.3 is 0 Å². The highest BCUT2D eigenvalue weighted by Gasteiger charge is 1.99. The fourth-order valence-corrected chi connectivity index (χ4v) is 1.83. The maximum atomic E-state index is 4.24. The molecule has 0 saturated carbocycles. The lowest BCUT2D eigenvalue weighted by atomic mass is 10.1. The summed E-state index contributed by atoms with van der Waals surface area (Å²) in [5.41, 5.74) is 1.24. The average molecular weight is 270 g/mol. The van der Waals surface area contributed by atoms with Crippen LogP contribution in [0, 0.1) is 5.92 Å². The molecule has 1 aromatic heterocycles. The normalized spacial score (nSPS) is 10.6. The molecule has 4 nitrogen and oxygen atoms in total. The second kappa shape index (κ2) is 7.48. The van der Waals surface area contributed by atoms with Crippen LogP contribution in [0.5, 0.6) is 0 Å². The van der Waals surface area contributed by atoms with Gasteiger partial charge in [0.1, 0.15) is 18.0 Å². The van der Waals surface area contributed by atoms with E-state index in [1.54, 1.807) is 6.33 Å². The number of anilines is 2. The SMILES string of the molecule is CC(C)CCNc1cc(NCc2ccccc2)ncn1. The first-order valence-corrected chi connectivity index (χ1v) is 7.08. The summed E-state index contributed by atoms with van der Waals surface area (Å²) >= 11 is 0. The summed E-state index contributed by atoms with van der Waals surface area (Å²) in [4.78, 5) is 8.46. The molecular formula is C16H22N4. The second-order valence-corrected chi connectivity index (χ2v) is 5.24. The summed E-state index contributed by atoms with van der Waals surface area (Å²) < 4.78 is 0. The molecule has 0 aliphatic carbocycles. The predicted molar refractivity (Wildman–Crippen MR) is 83.7 cm³/mol. The number of nitrogens with one attached hydrogen (secondary N) is 2. The van der Waals surface area contributed by atoms with Crippen molar-refractivity contribution in [2.45, 2.75) is 26.8 Å². The second-order valence-electron chi connectivity index (χ2n) is 5.24. The lowest BCUT2D eigenvalue weighted by Crippen LogP contribution is -2.07. The number of hydrogen-bond donors (Lipinski definition) is 2. The van der Waals surface area contributed by atoms with Crippen LogP contribution in [0.25, 0.3) is 0 Å². The summed E-state index contributed by atoms with van der Waals surface area (Å²) in [6.07, 6.45) is 2.72. The van der Waals surface area contributed by atoms with Crippen molar-refractivity contribution in [3.05, 3.63) is 48.3 Å². The first kappa shape index (κ1) is 14.3. The van der Waals surface area contributed by atoms with Crippen molar-refractivity contribution >= 4 is 11.6 Å². The Balaban J connectivity index is 1.86. The highest BCUT2D eigenvalue weighted by Crippen LogP contribution is 2.11. The number of rotatable bonds is 7. The van der Waals surface area contributed by atoms with Crippen LogP contribution in [0.2, 0.25) is 0 Å². The number of nitrogens with zero attached hydrogens (tertiary/aromatic N) is 2. The zero-order valence-corrected chi connectivity index (χ0v) is 12.1. The van der Waals surface area contributed by atoms with Crippen molar-refractivity contribution < 1.29 is 0 Å². The van der Waals surface area contributed by atoms with Gasteiger partial charge in [-0.05, 0) is 17.9 Å². The fraction of sp³-hybridized carbons (Fsp3) is 0.375. The van der Waals surface area contributed by atoms with Gasteiger partial charge in [-0.25, -0.2) is 9.97 Å². The molecule has 0 atom stereocenters. The molecule has 0 unspecified atom stereocenters. The highest BCUT2D eigenvalue weighted by atomic mass is 15.1. The van der Waals surface area contributed by atoms with Gasteiger partial charge in [0.15, 0.2) is 0 Å². The monoisotopic (exact) mass is 270 g/mol. The Hall–Kier alpha value is -2.10. The highest BCUT2D eigenvalue weighted by molar-refractivity contribution is 5.46. The minimum absolute atomic E-state index is 0.694. The van der Waals surface area contributed by atoms with Crippen LogP contribution >= 0.6 is 0 Å². The smallest absolute Gasteiger partial charge is 0.131 e. The minimum Gasteiger partial charge on any atom is -0.370 e. The maximum absolute atomic E-state index is 4.24. The van der Waals surface area contributed by atoms with Crippen molar-refractivity contribution in [1.82, 2.24) is 9.97 Å². The molecule has 0 amide bonds. The summed E-state index contributed by atoms with van der Waals surface area (Å²) in [6, 6.07) is 12.2. The molecule has 0 radical (unpaired) electrons. The maximum Gasteiger partial charge on any atom is 0.131 e. The van der Waals surface area contributed by atoms with Gasteiger partial charge in [0.2, 0.25) is 0 Å². The number of hydrogen-bond acceptors (Lipinski definition) is 4. The van der Waals surface area contributed by atoms with E-state index >= 15 is 0 Å². The Morgan fingerprint density at radius 2 is 1.70 bits per heavy atom. The van der Waals surface area contributed by atoms with E-state index < -0.39 is 0 Å². The van der Waals surface area contributed by atoms with Crippen LogP contribution < -0.4 is 10.6 Å². The molecule has 0 aliphatic heterocycles. The van der Waals surface area contributed by atoms with E-state index in [4.69, 9.17) is 0 Å². The minimum atomic E-state index is 0.694. The van der Waals surface area contributed by atoms with Gasteiger partial charge in [0.25, 0.3) is 0 Å². The summed E-state index contributed by atoms with van der Waals surface area (Å²) in [5, 5.41) is 6.63. The first-order chi connectivity index (χ1) is 9.74. The van der Waals surface area contributed by atoms with E-state index in [9.17, 15) is 0 Å². The summed E-state index contributed by atoms with van der Waals surface area (Å²) in [5.74, 6) is 2.41. The lowest BCUT2D eigenvalue weighted by Gasteiger charge is -2.09. The molecule has 2 N–H and O–H groups in total. The molecule has 0 aliphatic rings. The number of benzene rings is 1. The lowest BCUT2D eigenvalue weighted by molar-refractivity contribution is 0.606. The van der Waals surface area contributed by atoms with Gasteiger partial charge in [-0.3, -0.25) is 0 Å². The third kappa shape index (κ3) is 4.88. The molecule has 0 saturated heterocycles. The van der Waals surface area contributed by atoms with Crippen LogP contribution in [0.4, 0.5) is 11.6 Å². The molecule has 0 fully saturated rings. The van der Waals surface area contributed by atoms with Crippen LogP contribution in [-0.4, -0.2) is 16.5 Å². The Morgan fingerprint density at radius 3 is 2.40 bits per heavy atom. The van der Waals surface area contributed by atoms with Crippen molar-refractivity contribution in [1.29, 1.82) is 0 Å². The molecular weight excluding hydrogens is 248 g/mol. The Labute approximate surface area is 120 Å². The van der Waals surface area contributed by atoms with E-state index in [1.807, 2.05) is 24.3 Å². The van der Waals surface area contributed by atoms with E-state index in [1.165, 1.54) is 5.56 Å². The van der Waals surface area contributed by atoms with Gasteiger partial charge in [-0.1, -0.05) is 44.2 Å². The standard InChI is InChI=1S/C16H22N4/c1-13(2)8-9-17-15-10-16(20-12-19-15)18-11-14-6-4-3-5-7-14/h3-7,10,12-13H,8-9,11H2,1-2H3,(H2,17,18,19,20). The third-order valence-electron chi connectivity index (χ3n) is 3.01. The zero-order valence-electron chi connectivity index (χ0n) is 12.1. The van der Waals surface area contributed by atoms with E-state index in [0.717, 1.165) is 31.1 Å². The number of aromatic nitrogens is 2. The average Bonchev–Trinajstić information content (AvgIpc) is 2.46. The van der Waals surface area contributed by atoms with E-state index in [2.05, 4.69) is 46.6 Å². The van der Waals surface area contributed by atoms with Gasteiger partial charge in [0, 0.05) is 19.2 Å². The molecule has 0 bridgehead atoms. The van der Waals surface area contributed by atoms with Crippen LogP contribution in [0.15, 0.2) is 42.7 Å². The van der Waals surface area contributed by atoms with Crippen molar-refractivity contribution in [2.75, 3.05) is 17.2 Å². The summed E-state index contributed by atoms with van der Waals surface area (Å²) in [6.45, 7) is 6.14. The summed E-state index contributed by atoms with van der Waals surface area (Å²) in [7, 11) is 0. The molecule has 2 rings (SSSR count). The van der Waals surface area contributed by atoms with Gasteiger partial charge < -0.3 is 10.6 Å². The van der Waals surface area contributed by atoms with Gasteiger partial charge in [0.05, 0.1) is 0 Å². The Kier molecular flexibility index (Phi) is 5.35. The van der Waals surface area contributed by atoms with Crippen LogP contribution in [0.1, 0.15) is 25.8 Å².